The molecule has 1 atom stereocenters. The Morgan fingerprint density at radius 1 is 1.50 bits per heavy atom. The molecule has 1 saturated heterocycles. The van der Waals surface area contributed by atoms with E-state index in [2.05, 4.69) is 39.8 Å². The van der Waals surface area contributed by atoms with Gasteiger partial charge in [0, 0.05) is 25.1 Å². The molecule has 0 aromatic carbocycles. The van der Waals surface area contributed by atoms with E-state index in [0.717, 1.165) is 44.2 Å². The van der Waals surface area contributed by atoms with Crippen LogP contribution in [0.2, 0.25) is 0 Å². The number of aryl methyl sites for hydroxylation is 1. The molecule has 0 radical (unpaired) electrons. The van der Waals surface area contributed by atoms with E-state index in [0.29, 0.717) is 12.6 Å². The van der Waals surface area contributed by atoms with Crippen molar-refractivity contribution in [2.45, 2.75) is 45.8 Å². The zero-order valence-electron chi connectivity index (χ0n) is 12.3. The molecule has 1 aromatic heterocycles. The average molecular weight is 296 g/mol. The number of hydrogen-bond donors (Lipinski definition) is 2. The Balaban J connectivity index is 1.83. The van der Waals surface area contributed by atoms with Crippen LogP contribution in [0.4, 0.5) is 0 Å². The molecule has 2 heterocycles. The Bertz CT molecular complexity index is 427. The second-order valence-corrected chi connectivity index (χ2v) is 5.74. The fourth-order valence-electron chi connectivity index (χ4n) is 2.10. The van der Waals surface area contributed by atoms with Crippen molar-refractivity contribution in [3.63, 3.8) is 0 Å². The molecule has 6 heteroatoms. The van der Waals surface area contributed by atoms with Crippen molar-refractivity contribution >= 4 is 17.3 Å². The van der Waals surface area contributed by atoms with Crippen LogP contribution < -0.4 is 10.6 Å². The van der Waals surface area contributed by atoms with Gasteiger partial charge in [0.15, 0.2) is 5.96 Å². The van der Waals surface area contributed by atoms with Gasteiger partial charge in [0.1, 0.15) is 0 Å². The number of nitrogens with zero attached hydrogens (tertiary/aromatic N) is 2. The minimum absolute atomic E-state index is 0.324. The van der Waals surface area contributed by atoms with E-state index >= 15 is 0 Å². The van der Waals surface area contributed by atoms with Gasteiger partial charge < -0.3 is 15.4 Å². The zero-order valence-corrected chi connectivity index (χ0v) is 13.1. The number of aromatic nitrogens is 1. The number of rotatable bonds is 6. The summed E-state index contributed by atoms with van der Waals surface area (Å²) in [6.45, 7) is 7.38. The summed E-state index contributed by atoms with van der Waals surface area (Å²) in [5.74, 6) is 0.842. The predicted molar refractivity (Wildman–Crippen MR) is 83.3 cm³/mol. The van der Waals surface area contributed by atoms with Gasteiger partial charge in [0.25, 0.3) is 0 Å². The molecule has 5 nitrogen and oxygen atoms in total. The molecular formula is C14H24N4OS. The van der Waals surface area contributed by atoms with Gasteiger partial charge in [-0.25, -0.2) is 9.98 Å². The van der Waals surface area contributed by atoms with E-state index in [4.69, 9.17) is 4.74 Å². The summed E-state index contributed by atoms with van der Waals surface area (Å²) in [6, 6.07) is 0. The van der Waals surface area contributed by atoms with Crippen LogP contribution in [-0.2, 0) is 17.7 Å². The molecule has 0 saturated carbocycles. The molecule has 1 aliphatic heterocycles. The van der Waals surface area contributed by atoms with Crippen LogP contribution in [0.5, 0.6) is 0 Å². The fourth-order valence-corrected chi connectivity index (χ4v) is 2.84. The summed E-state index contributed by atoms with van der Waals surface area (Å²) < 4.78 is 5.61. The van der Waals surface area contributed by atoms with Crippen molar-refractivity contribution in [2.24, 2.45) is 4.99 Å². The number of hydrogen-bond acceptors (Lipinski definition) is 4. The summed E-state index contributed by atoms with van der Waals surface area (Å²) in [6.07, 6.45) is 3.62. The molecule has 0 bridgehead atoms. The number of ether oxygens (including phenoxy) is 1. The van der Waals surface area contributed by atoms with Gasteiger partial charge in [-0.3, -0.25) is 0 Å². The molecular weight excluding hydrogens is 272 g/mol. The van der Waals surface area contributed by atoms with Crippen LogP contribution in [-0.4, -0.2) is 36.7 Å². The quantitative estimate of drug-likeness (QED) is 0.622. The molecule has 1 aromatic rings. The highest BCUT2D eigenvalue weighted by Gasteiger charge is 2.15. The molecule has 0 spiro atoms. The van der Waals surface area contributed by atoms with E-state index < -0.39 is 0 Å². The Hall–Kier alpha value is -1.14. The van der Waals surface area contributed by atoms with Gasteiger partial charge in [-0.2, -0.15) is 0 Å². The van der Waals surface area contributed by atoms with Crippen LogP contribution in [0.25, 0.3) is 0 Å². The highest BCUT2D eigenvalue weighted by atomic mass is 32.1. The summed E-state index contributed by atoms with van der Waals surface area (Å²) in [4.78, 5) is 9.10. The van der Waals surface area contributed by atoms with Gasteiger partial charge in [-0.05, 0) is 26.2 Å². The Morgan fingerprint density at radius 3 is 3.05 bits per heavy atom. The summed E-state index contributed by atoms with van der Waals surface area (Å²) in [5, 5.41) is 9.86. The average Bonchev–Trinajstić information content (AvgIpc) is 3.13. The van der Waals surface area contributed by atoms with Crippen molar-refractivity contribution in [2.75, 3.05) is 19.7 Å². The lowest BCUT2D eigenvalue weighted by molar-refractivity contribution is 0.114. The van der Waals surface area contributed by atoms with Gasteiger partial charge in [-0.1, -0.05) is 6.92 Å². The van der Waals surface area contributed by atoms with Crippen LogP contribution in [0.3, 0.4) is 0 Å². The number of aliphatic imine (C=N–C) groups is 1. The maximum Gasteiger partial charge on any atom is 0.191 e. The second-order valence-electron chi connectivity index (χ2n) is 4.80. The highest BCUT2D eigenvalue weighted by molar-refractivity contribution is 7.09. The number of nitrogens with one attached hydrogen (secondary N) is 2. The third kappa shape index (κ3) is 4.76. The first-order chi connectivity index (χ1) is 9.81. The Labute approximate surface area is 124 Å². The van der Waals surface area contributed by atoms with Crippen molar-refractivity contribution in [1.82, 2.24) is 15.6 Å². The first-order valence-corrected chi connectivity index (χ1v) is 8.26. The lowest BCUT2D eigenvalue weighted by Gasteiger charge is -2.14. The molecule has 1 unspecified atom stereocenters. The van der Waals surface area contributed by atoms with Crippen LogP contribution in [0, 0.1) is 0 Å². The maximum atomic E-state index is 5.61. The lowest BCUT2D eigenvalue weighted by atomic mass is 10.2. The molecule has 112 valence electrons. The summed E-state index contributed by atoms with van der Waals surface area (Å²) >= 11 is 1.71. The molecule has 0 amide bonds. The van der Waals surface area contributed by atoms with E-state index in [-0.39, 0.29) is 0 Å². The van der Waals surface area contributed by atoms with Crippen molar-refractivity contribution < 1.29 is 4.74 Å². The molecule has 2 N–H and O–H groups in total. The third-order valence-electron chi connectivity index (χ3n) is 3.17. The van der Waals surface area contributed by atoms with Gasteiger partial charge in [0.05, 0.1) is 23.4 Å². The van der Waals surface area contributed by atoms with Gasteiger partial charge >= 0.3 is 0 Å². The molecule has 2 rings (SSSR count). The molecule has 0 aliphatic carbocycles. The van der Waals surface area contributed by atoms with Crippen molar-refractivity contribution in [3.05, 3.63) is 16.1 Å². The topological polar surface area (TPSA) is 58.5 Å². The standard InChI is InChI=1S/C14H24N4OS/c1-3-13-18-11(10-20-13)8-16-14(15-4-2)17-9-12-6-5-7-19-12/h10,12H,3-9H2,1-2H3,(H2,15,16,17). The number of guanidine groups is 1. The zero-order chi connectivity index (χ0) is 14.2. The monoisotopic (exact) mass is 296 g/mol. The van der Waals surface area contributed by atoms with E-state index in [9.17, 15) is 0 Å². The van der Waals surface area contributed by atoms with E-state index in [1.165, 1.54) is 11.4 Å². The van der Waals surface area contributed by atoms with E-state index in [1.54, 1.807) is 11.3 Å². The number of thiazole rings is 1. The van der Waals surface area contributed by atoms with Crippen molar-refractivity contribution in [1.29, 1.82) is 0 Å². The normalized spacial score (nSPS) is 19.3. The Kier molecular flexibility index (Phi) is 6.26. The SMILES string of the molecule is CCNC(=NCc1csc(CC)n1)NCC1CCCO1. The molecule has 20 heavy (non-hydrogen) atoms. The second kappa shape index (κ2) is 8.21. The van der Waals surface area contributed by atoms with Crippen LogP contribution >= 0.6 is 11.3 Å². The lowest BCUT2D eigenvalue weighted by Crippen LogP contribution is -2.41. The van der Waals surface area contributed by atoms with E-state index in [1.807, 2.05) is 0 Å². The highest BCUT2D eigenvalue weighted by Crippen LogP contribution is 2.11. The summed E-state index contributed by atoms with van der Waals surface area (Å²) in [7, 11) is 0. The van der Waals surface area contributed by atoms with Gasteiger partial charge in [0.2, 0.25) is 0 Å². The minimum Gasteiger partial charge on any atom is -0.376 e. The predicted octanol–water partition coefficient (Wildman–Crippen LogP) is 1.94. The Morgan fingerprint density at radius 2 is 2.40 bits per heavy atom. The summed E-state index contributed by atoms with van der Waals surface area (Å²) in [5.41, 5.74) is 1.04. The smallest absolute Gasteiger partial charge is 0.191 e. The molecule has 1 aliphatic rings. The first kappa shape index (κ1) is 15.3. The fraction of sp³-hybridized carbons (Fsp3) is 0.714. The first-order valence-electron chi connectivity index (χ1n) is 7.38. The van der Waals surface area contributed by atoms with Crippen molar-refractivity contribution in [3.8, 4) is 0 Å². The largest absolute Gasteiger partial charge is 0.376 e. The third-order valence-corrected chi connectivity index (χ3v) is 4.21. The van der Waals surface area contributed by atoms with Crippen LogP contribution in [0.15, 0.2) is 10.4 Å². The molecule has 1 fully saturated rings. The van der Waals surface area contributed by atoms with Crippen LogP contribution in [0.1, 0.15) is 37.4 Å². The maximum absolute atomic E-state index is 5.61. The van der Waals surface area contributed by atoms with Gasteiger partial charge in [-0.15, -0.1) is 11.3 Å². The minimum atomic E-state index is 0.324.